The summed E-state index contributed by atoms with van der Waals surface area (Å²) in [5, 5.41) is 8.60. The Labute approximate surface area is 251 Å². The van der Waals surface area contributed by atoms with E-state index in [1.54, 1.807) is 12.1 Å². The lowest BCUT2D eigenvalue weighted by Crippen LogP contribution is -2.08. The van der Waals surface area contributed by atoms with Gasteiger partial charge < -0.3 is 4.74 Å². The van der Waals surface area contributed by atoms with Gasteiger partial charge in [-0.3, -0.25) is 4.89 Å². The number of carbonyl (C=O) groups excluding carboxylic acids is 1. The SMILES string of the molecule is C.C.C.C.CC/C(C)=C\CCC1(C)OC1CC.CC/C=C(/C)CC.ClCCl.O=C(OO)c1cccc(Cl)c1. The monoisotopic (exact) mass is 600 g/mol. The quantitative estimate of drug-likeness (QED) is 0.106. The van der Waals surface area contributed by atoms with Crippen molar-refractivity contribution >= 4 is 40.8 Å². The average molecular weight is 602 g/mol. The van der Waals surface area contributed by atoms with E-state index in [1.807, 2.05) is 0 Å². The van der Waals surface area contributed by atoms with Crippen molar-refractivity contribution in [3.05, 3.63) is 58.1 Å². The Bertz CT molecular complexity index is 736. The van der Waals surface area contributed by atoms with Crippen LogP contribution in [0.5, 0.6) is 0 Å². The summed E-state index contributed by atoms with van der Waals surface area (Å²) in [6, 6.07) is 6.11. The molecule has 1 heterocycles. The van der Waals surface area contributed by atoms with Gasteiger partial charge in [-0.1, -0.05) is 98.4 Å². The van der Waals surface area contributed by atoms with Crippen molar-refractivity contribution in [1.29, 1.82) is 0 Å². The number of halogens is 3. The van der Waals surface area contributed by atoms with E-state index in [0.717, 1.165) is 6.42 Å². The van der Waals surface area contributed by atoms with Gasteiger partial charge in [-0.15, -0.1) is 23.2 Å². The number of hydrogen-bond donors (Lipinski definition) is 1. The summed E-state index contributed by atoms with van der Waals surface area (Å²) in [6.07, 6.45) is 12.2. The molecule has 0 saturated carbocycles. The first-order valence-corrected chi connectivity index (χ1v) is 13.3. The molecule has 7 heteroatoms. The molecule has 0 spiro atoms. The number of alkyl halides is 2. The first kappa shape index (κ1) is 49.9. The molecule has 1 aliphatic heterocycles. The fourth-order valence-corrected chi connectivity index (χ4v) is 3.13. The van der Waals surface area contributed by atoms with Crippen molar-refractivity contribution in [3.8, 4) is 0 Å². The van der Waals surface area contributed by atoms with E-state index in [0.29, 0.717) is 11.1 Å². The second kappa shape index (κ2) is 30.5. The van der Waals surface area contributed by atoms with Gasteiger partial charge in [0.05, 0.1) is 22.6 Å². The average Bonchev–Trinajstić information content (AvgIpc) is 3.49. The van der Waals surface area contributed by atoms with Gasteiger partial charge >= 0.3 is 5.97 Å². The van der Waals surface area contributed by atoms with Crippen LogP contribution in [0.1, 0.15) is 127 Å². The molecule has 2 atom stereocenters. The number of carbonyl (C=O) groups is 1. The zero-order valence-corrected chi connectivity index (χ0v) is 24.1. The van der Waals surface area contributed by atoms with Crippen molar-refractivity contribution < 1.29 is 19.7 Å². The molecular formula is C31H59Cl3O4. The Kier molecular flexibility index (Phi) is 40.0. The van der Waals surface area contributed by atoms with Gasteiger partial charge in [0.2, 0.25) is 0 Å². The molecule has 0 amide bonds. The van der Waals surface area contributed by atoms with E-state index in [2.05, 4.69) is 65.5 Å². The zero-order chi connectivity index (χ0) is 26.6. The Hall–Kier alpha value is -1.04. The lowest BCUT2D eigenvalue weighted by Gasteiger charge is -2.03. The van der Waals surface area contributed by atoms with Crippen LogP contribution in [0.4, 0.5) is 0 Å². The molecule has 0 aliphatic carbocycles. The highest BCUT2D eigenvalue weighted by molar-refractivity contribution is 6.40. The molecule has 1 N–H and O–H groups in total. The molecule has 228 valence electrons. The molecule has 1 aromatic carbocycles. The second-order valence-corrected chi connectivity index (χ2v) is 9.32. The Morgan fingerprint density at radius 3 is 1.87 bits per heavy atom. The van der Waals surface area contributed by atoms with Gasteiger partial charge in [-0.05, 0) is 77.5 Å². The summed E-state index contributed by atoms with van der Waals surface area (Å²) in [6.45, 7) is 15.4. The molecule has 1 aromatic rings. The molecule has 0 aromatic heterocycles. The van der Waals surface area contributed by atoms with Crippen LogP contribution in [0, 0.1) is 0 Å². The maximum absolute atomic E-state index is 10.6. The van der Waals surface area contributed by atoms with E-state index in [4.69, 9.17) is 44.8 Å². The van der Waals surface area contributed by atoms with Crippen molar-refractivity contribution in [2.45, 2.75) is 128 Å². The van der Waals surface area contributed by atoms with Crippen molar-refractivity contribution in [2.75, 3.05) is 5.34 Å². The van der Waals surface area contributed by atoms with E-state index < -0.39 is 5.97 Å². The van der Waals surface area contributed by atoms with Crippen LogP contribution >= 0.6 is 34.8 Å². The number of epoxide rings is 1. The number of ether oxygens (including phenoxy) is 1. The topological polar surface area (TPSA) is 59.1 Å². The third kappa shape index (κ3) is 25.2. The van der Waals surface area contributed by atoms with Gasteiger partial charge in [0, 0.05) is 5.02 Å². The summed E-state index contributed by atoms with van der Waals surface area (Å²) in [5.74, 6) is -0.813. The van der Waals surface area contributed by atoms with Crippen LogP contribution in [0.3, 0.4) is 0 Å². The number of hydrogen-bond acceptors (Lipinski definition) is 4. The molecule has 38 heavy (non-hydrogen) atoms. The zero-order valence-electron chi connectivity index (χ0n) is 21.8. The van der Waals surface area contributed by atoms with Crippen LogP contribution in [-0.4, -0.2) is 28.3 Å². The summed E-state index contributed by atoms with van der Waals surface area (Å²) < 4.78 is 5.64. The van der Waals surface area contributed by atoms with Crippen LogP contribution in [-0.2, 0) is 9.62 Å². The first-order valence-electron chi connectivity index (χ1n) is 11.8. The lowest BCUT2D eigenvalue weighted by atomic mass is 9.99. The molecule has 1 aliphatic rings. The summed E-state index contributed by atoms with van der Waals surface area (Å²) in [7, 11) is 0. The van der Waals surface area contributed by atoms with E-state index in [1.165, 1.54) is 55.4 Å². The Morgan fingerprint density at radius 1 is 1.03 bits per heavy atom. The molecular weight excluding hydrogens is 543 g/mol. The van der Waals surface area contributed by atoms with E-state index >= 15 is 0 Å². The highest BCUT2D eigenvalue weighted by Gasteiger charge is 2.49. The highest BCUT2D eigenvalue weighted by atomic mass is 35.5. The second-order valence-electron chi connectivity index (χ2n) is 8.07. The molecule has 1 fully saturated rings. The van der Waals surface area contributed by atoms with Crippen molar-refractivity contribution in [2.24, 2.45) is 0 Å². The van der Waals surface area contributed by atoms with Crippen LogP contribution in [0.15, 0.2) is 47.6 Å². The van der Waals surface area contributed by atoms with Crippen molar-refractivity contribution in [3.63, 3.8) is 0 Å². The summed E-state index contributed by atoms with van der Waals surface area (Å²) in [4.78, 5) is 14.1. The van der Waals surface area contributed by atoms with E-state index in [9.17, 15) is 4.79 Å². The van der Waals surface area contributed by atoms with Gasteiger partial charge in [0.25, 0.3) is 0 Å². The third-order valence-corrected chi connectivity index (χ3v) is 5.59. The minimum Gasteiger partial charge on any atom is -0.366 e. The summed E-state index contributed by atoms with van der Waals surface area (Å²) in [5.41, 5.74) is 3.43. The first-order chi connectivity index (χ1) is 16.1. The Morgan fingerprint density at radius 2 is 1.53 bits per heavy atom. The molecule has 2 rings (SSSR count). The van der Waals surface area contributed by atoms with Gasteiger partial charge in [0.15, 0.2) is 0 Å². The van der Waals surface area contributed by atoms with Gasteiger partial charge in [-0.25, -0.2) is 4.79 Å². The normalized spacial score (nSPS) is 16.9. The van der Waals surface area contributed by atoms with Gasteiger partial charge in [-0.2, -0.15) is 5.26 Å². The minimum absolute atomic E-state index is 0. The van der Waals surface area contributed by atoms with E-state index in [-0.39, 0.29) is 46.2 Å². The maximum Gasteiger partial charge on any atom is 0.372 e. The maximum atomic E-state index is 10.6. The summed E-state index contributed by atoms with van der Waals surface area (Å²) >= 11 is 15.1. The minimum atomic E-state index is -0.813. The molecule has 0 radical (unpaired) electrons. The number of benzene rings is 1. The predicted molar refractivity (Wildman–Crippen MR) is 174 cm³/mol. The standard InChI is InChI=1S/C12H22O.C7H5ClO3.C7H14.CH2Cl2.4CH4/c1-5-10(3)8-7-9-12(4)11(6-2)13-12;8-6-3-1-2-5(4-6)7(9)11-10;1-4-6-7(3)5-2;2-1-3;;;;/h8,11H,5-7,9H2,1-4H3;1-4,10H;6H,4-5H2,1-3H3;1H2;4*1H4/b10-8-;;7-6-;;;;;. The highest BCUT2D eigenvalue weighted by Crippen LogP contribution is 2.42. The van der Waals surface area contributed by atoms with Gasteiger partial charge in [0.1, 0.15) is 0 Å². The predicted octanol–water partition coefficient (Wildman–Crippen LogP) is 12.4. The fourth-order valence-electron chi connectivity index (χ4n) is 2.94. The number of allylic oxidation sites excluding steroid dienone is 4. The molecule has 0 bridgehead atoms. The van der Waals surface area contributed by atoms with Crippen LogP contribution in [0.25, 0.3) is 0 Å². The molecule has 2 unspecified atom stereocenters. The number of rotatable bonds is 8. The van der Waals surface area contributed by atoms with Crippen molar-refractivity contribution in [1.82, 2.24) is 0 Å². The lowest BCUT2D eigenvalue weighted by molar-refractivity contribution is -0.182. The van der Waals surface area contributed by atoms with Crippen LogP contribution in [0.2, 0.25) is 5.02 Å². The fraction of sp³-hybridized carbons (Fsp3) is 0.645. The molecule has 4 nitrogen and oxygen atoms in total. The third-order valence-electron chi connectivity index (χ3n) is 5.35. The van der Waals surface area contributed by atoms with Crippen LogP contribution < -0.4 is 0 Å². The smallest absolute Gasteiger partial charge is 0.366 e. The Balaban J connectivity index is -0.0000000942. The largest absolute Gasteiger partial charge is 0.372 e. The molecule has 1 saturated heterocycles.